The van der Waals surface area contributed by atoms with Crippen LogP contribution in [0.1, 0.15) is 19.3 Å². The number of aromatic nitrogens is 2. The van der Waals surface area contributed by atoms with Gasteiger partial charge in [0, 0.05) is 4.47 Å². The molecule has 1 aliphatic rings. The largest absolute Gasteiger partial charge is 0.327 e. The number of benzene rings is 1. The van der Waals surface area contributed by atoms with Crippen molar-refractivity contribution in [2.45, 2.75) is 19.3 Å². The summed E-state index contributed by atoms with van der Waals surface area (Å²) >= 11 is 3.42. The van der Waals surface area contributed by atoms with Crippen molar-refractivity contribution in [1.29, 1.82) is 0 Å². The number of anilines is 1. The highest BCUT2D eigenvalue weighted by molar-refractivity contribution is 9.10. The molecule has 7 heteroatoms. The van der Waals surface area contributed by atoms with Crippen LogP contribution in [0.5, 0.6) is 0 Å². The first-order chi connectivity index (χ1) is 10.1. The highest BCUT2D eigenvalue weighted by Crippen LogP contribution is 2.26. The third-order valence-electron chi connectivity index (χ3n) is 3.85. The number of rotatable bonds is 3. The monoisotopic (exact) mass is 353 g/mol. The molecule has 1 aromatic carbocycles. The Bertz CT molecular complexity index is 715. The molecule has 21 heavy (non-hydrogen) atoms. The topological polar surface area (TPSA) is 82.2 Å². The SMILES string of the molecule is O=C(C[NH+]1CCCCC1)Nc1cc2[nH]c(=O)[nH]c2cc1Br. The lowest BCUT2D eigenvalue weighted by atomic mass is 10.1. The van der Waals surface area contributed by atoms with Crippen LogP contribution < -0.4 is 15.9 Å². The van der Waals surface area contributed by atoms with Gasteiger partial charge in [-0.3, -0.25) is 4.79 Å². The molecule has 0 radical (unpaired) electrons. The Kier molecular flexibility index (Phi) is 4.12. The van der Waals surface area contributed by atoms with Gasteiger partial charge in [0.2, 0.25) is 0 Å². The molecule has 1 amide bonds. The van der Waals surface area contributed by atoms with Crippen molar-refractivity contribution in [3.8, 4) is 0 Å². The molecule has 1 saturated heterocycles. The molecule has 0 unspecified atom stereocenters. The van der Waals surface area contributed by atoms with E-state index in [-0.39, 0.29) is 11.6 Å². The second-order valence-electron chi connectivity index (χ2n) is 5.49. The number of amides is 1. The van der Waals surface area contributed by atoms with Gasteiger partial charge in [-0.1, -0.05) is 0 Å². The van der Waals surface area contributed by atoms with Gasteiger partial charge in [-0.05, 0) is 47.3 Å². The van der Waals surface area contributed by atoms with Gasteiger partial charge in [-0.25, -0.2) is 4.79 Å². The fraction of sp³-hybridized carbons (Fsp3) is 0.429. The molecule has 0 bridgehead atoms. The van der Waals surface area contributed by atoms with Crippen molar-refractivity contribution in [2.24, 2.45) is 0 Å². The fourth-order valence-electron chi connectivity index (χ4n) is 2.80. The minimum atomic E-state index is -0.252. The zero-order valence-corrected chi connectivity index (χ0v) is 13.2. The molecule has 4 N–H and O–H groups in total. The minimum absolute atomic E-state index is 0.00447. The van der Waals surface area contributed by atoms with Crippen molar-refractivity contribution in [3.05, 3.63) is 27.1 Å². The second kappa shape index (κ2) is 6.03. The maximum atomic E-state index is 12.1. The summed E-state index contributed by atoms with van der Waals surface area (Å²) in [6.07, 6.45) is 3.67. The molecular weight excluding hydrogens is 336 g/mol. The summed E-state index contributed by atoms with van der Waals surface area (Å²) in [5.74, 6) is 0.00447. The van der Waals surface area contributed by atoms with E-state index in [1.165, 1.54) is 24.2 Å². The molecule has 0 aliphatic carbocycles. The quantitative estimate of drug-likeness (QED) is 0.652. The van der Waals surface area contributed by atoms with Crippen molar-refractivity contribution < 1.29 is 9.69 Å². The number of piperidine rings is 1. The maximum absolute atomic E-state index is 12.1. The molecule has 2 aromatic rings. The van der Waals surface area contributed by atoms with Gasteiger partial charge in [0.1, 0.15) is 0 Å². The lowest BCUT2D eigenvalue weighted by molar-refractivity contribution is -0.896. The summed E-state index contributed by atoms with van der Waals surface area (Å²) < 4.78 is 0.757. The van der Waals surface area contributed by atoms with E-state index in [0.717, 1.165) is 17.6 Å². The number of quaternary nitrogens is 1. The number of halogens is 1. The molecule has 112 valence electrons. The molecule has 0 spiro atoms. The standard InChI is InChI=1S/C14H17BrN4O2/c15-9-6-11-12(18-14(21)17-11)7-10(9)16-13(20)8-19-4-2-1-3-5-19/h6-7H,1-5,8H2,(H,16,20)(H2,17,18,21)/p+1. The number of hydrogen-bond acceptors (Lipinski definition) is 2. The summed E-state index contributed by atoms with van der Waals surface area (Å²) in [5.41, 5.74) is 1.83. The van der Waals surface area contributed by atoms with Crippen LogP contribution in [0, 0.1) is 0 Å². The zero-order valence-electron chi connectivity index (χ0n) is 11.6. The van der Waals surface area contributed by atoms with Crippen LogP contribution in [-0.4, -0.2) is 35.5 Å². The van der Waals surface area contributed by atoms with Crippen LogP contribution in [0.15, 0.2) is 21.4 Å². The number of aromatic amines is 2. The van der Waals surface area contributed by atoms with Gasteiger partial charge in [0.25, 0.3) is 5.91 Å². The van der Waals surface area contributed by atoms with E-state index in [9.17, 15) is 9.59 Å². The van der Waals surface area contributed by atoms with Crippen molar-refractivity contribution in [2.75, 3.05) is 25.0 Å². The number of nitrogens with one attached hydrogen (secondary N) is 4. The third-order valence-corrected chi connectivity index (χ3v) is 4.51. The Morgan fingerprint density at radius 3 is 2.57 bits per heavy atom. The molecule has 0 saturated carbocycles. The second-order valence-corrected chi connectivity index (χ2v) is 6.35. The van der Waals surface area contributed by atoms with Crippen LogP contribution in [0.4, 0.5) is 5.69 Å². The molecule has 6 nitrogen and oxygen atoms in total. The number of carbonyl (C=O) groups excluding carboxylic acids is 1. The van der Waals surface area contributed by atoms with Crippen LogP contribution in [0.2, 0.25) is 0 Å². The van der Waals surface area contributed by atoms with Gasteiger partial charge in [0.15, 0.2) is 6.54 Å². The van der Waals surface area contributed by atoms with Gasteiger partial charge in [0.05, 0.1) is 29.8 Å². The Morgan fingerprint density at radius 2 is 1.86 bits per heavy atom. The van der Waals surface area contributed by atoms with E-state index < -0.39 is 0 Å². The van der Waals surface area contributed by atoms with E-state index in [1.54, 1.807) is 12.1 Å². The Labute approximate surface area is 130 Å². The van der Waals surface area contributed by atoms with E-state index in [0.29, 0.717) is 23.3 Å². The van der Waals surface area contributed by atoms with Gasteiger partial charge < -0.3 is 20.2 Å². The summed E-state index contributed by atoms with van der Waals surface area (Å²) in [6, 6.07) is 3.55. The number of imidazole rings is 1. The van der Waals surface area contributed by atoms with E-state index in [1.807, 2.05) is 0 Å². The maximum Gasteiger partial charge on any atom is 0.323 e. The van der Waals surface area contributed by atoms with Crippen LogP contribution in [0.3, 0.4) is 0 Å². The number of H-pyrrole nitrogens is 2. The number of carbonyl (C=O) groups is 1. The van der Waals surface area contributed by atoms with Crippen LogP contribution in [-0.2, 0) is 4.79 Å². The van der Waals surface area contributed by atoms with Gasteiger partial charge >= 0.3 is 5.69 Å². The third kappa shape index (κ3) is 3.36. The highest BCUT2D eigenvalue weighted by atomic mass is 79.9. The fourth-order valence-corrected chi connectivity index (χ4v) is 3.24. The molecule has 1 aromatic heterocycles. The Morgan fingerprint density at radius 1 is 1.19 bits per heavy atom. The van der Waals surface area contributed by atoms with Crippen LogP contribution in [0.25, 0.3) is 11.0 Å². The lowest BCUT2D eigenvalue weighted by Crippen LogP contribution is -3.13. The highest BCUT2D eigenvalue weighted by Gasteiger charge is 2.18. The summed E-state index contributed by atoms with van der Waals surface area (Å²) in [5, 5.41) is 2.92. The first-order valence-corrected chi connectivity index (χ1v) is 7.96. The average Bonchev–Trinajstić information content (AvgIpc) is 2.79. The minimum Gasteiger partial charge on any atom is -0.327 e. The molecule has 2 heterocycles. The van der Waals surface area contributed by atoms with Crippen molar-refractivity contribution in [1.82, 2.24) is 9.97 Å². The molecule has 0 atom stereocenters. The predicted molar refractivity (Wildman–Crippen MR) is 84.7 cm³/mol. The summed E-state index contributed by atoms with van der Waals surface area (Å²) in [4.78, 5) is 30.1. The smallest absolute Gasteiger partial charge is 0.323 e. The van der Waals surface area contributed by atoms with E-state index in [4.69, 9.17) is 0 Å². The molecule has 1 aliphatic heterocycles. The Balaban J connectivity index is 1.72. The number of hydrogen-bond donors (Lipinski definition) is 4. The molecule has 3 rings (SSSR count). The van der Waals surface area contributed by atoms with Crippen molar-refractivity contribution in [3.63, 3.8) is 0 Å². The van der Waals surface area contributed by atoms with Gasteiger partial charge in [-0.15, -0.1) is 0 Å². The van der Waals surface area contributed by atoms with Crippen LogP contribution >= 0.6 is 15.9 Å². The average molecular weight is 354 g/mol. The Hall–Kier alpha value is -1.60. The van der Waals surface area contributed by atoms with Gasteiger partial charge in [-0.2, -0.15) is 0 Å². The molecular formula is C14H18BrN4O2+. The first-order valence-electron chi connectivity index (χ1n) is 7.17. The number of fused-ring (bicyclic) bond motifs is 1. The summed E-state index contributed by atoms with van der Waals surface area (Å²) in [6.45, 7) is 2.63. The first kappa shape index (κ1) is 14.3. The normalized spacial score (nSPS) is 16.2. The zero-order chi connectivity index (χ0) is 14.8. The predicted octanol–water partition coefficient (Wildman–Crippen LogP) is 0.626. The number of likely N-dealkylation sites (tertiary alicyclic amines) is 1. The van der Waals surface area contributed by atoms with E-state index >= 15 is 0 Å². The lowest BCUT2D eigenvalue weighted by Gasteiger charge is -2.22. The molecule has 1 fully saturated rings. The van der Waals surface area contributed by atoms with Crippen molar-refractivity contribution >= 4 is 38.6 Å². The summed E-state index contributed by atoms with van der Waals surface area (Å²) in [7, 11) is 0. The van der Waals surface area contributed by atoms with E-state index in [2.05, 4.69) is 31.2 Å².